The van der Waals surface area contributed by atoms with Gasteiger partial charge in [0.15, 0.2) is 0 Å². The van der Waals surface area contributed by atoms with Crippen molar-refractivity contribution in [2.45, 2.75) is 38.1 Å². The van der Waals surface area contributed by atoms with Gasteiger partial charge in [-0.3, -0.25) is 4.79 Å². The number of para-hydroxylation sites is 1. The van der Waals surface area contributed by atoms with Crippen LogP contribution in [0.2, 0.25) is 0 Å². The summed E-state index contributed by atoms with van der Waals surface area (Å²) in [5, 5.41) is 6.59. The van der Waals surface area contributed by atoms with Gasteiger partial charge in [-0.1, -0.05) is 32.0 Å². The minimum Gasteiger partial charge on any atom is -0.325 e. The van der Waals surface area contributed by atoms with Gasteiger partial charge in [0.25, 0.3) is 0 Å². The van der Waals surface area contributed by atoms with Crippen LogP contribution >= 0.6 is 0 Å². The van der Waals surface area contributed by atoms with Gasteiger partial charge in [0.05, 0.1) is 5.41 Å². The molecule has 2 aliphatic heterocycles. The molecule has 2 heterocycles. The molecule has 0 unspecified atom stereocenters. The molecule has 1 aromatic rings. The number of hydrogen-bond donors (Lipinski definition) is 2. The molecule has 1 fully saturated rings. The molecule has 0 bridgehead atoms. The Morgan fingerprint density at radius 3 is 2.94 bits per heavy atom. The van der Waals surface area contributed by atoms with Gasteiger partial charge in [-0.25, -0.2) is 0 Å². The molecule has 2 atom stereocenters. The molecule has 1 aromatic carbocycles. The molecule has 3 nitrogen and oxygen atoms in total. The summed E-state index contributed by atoms with van der Waals surface area (Å²) in [4.78, 5) is 12.5. The highest BCUT2D eigenvalue weighted by Gasteiger charge is 2.54. The van der Waals surface area contributed by atoms with Crippen molar-refractivity contribution in [2.75, 3.05) is 11.9 Å². The Morgan fingerprint density at radius 2 is 2.17 bits per heavy atom. The van der Waals surface area contributed by atoms with Crippen LogP contribution in [0.1, 0.15) is 32.3 Å². The van der Waals surface area contributed by atoms with E-state index in [4.69, 9.17) is 0 Å². The SMILES string of the molecule is CC(C)C[C@@H]1NCC[C@@]12C(=O)Nc1ccccc12. The van der Waals surface area contributed by atoms with E-state index in [1.165, 1.54) is 5.56 Å². The Kier molecular flexibility index (Phi) is 2.67. The molecule has 18 heavy (non-hydrogen) atoms. The molecule has 0 aliphatic carbocycles. The van der Waals surface area contributed by atoms with E-state index in [1.807, 2.05) is 18.2 Å². The predicted molar refractivity (Wildman–Crippen MR) is 72.6 cm³/mol. The maximum absolute atomic E-state index is 12.5. The van der Waals surface area contributed by atoms with E-state index in [2.05, 4.69) is 30.5 Å². The number of rotatable bonds is 2. The quantitative estimate of drug-likeness (QED) is 0.838. The average Bonchev–Trinajstić information content (AvgIpc) is 2.85. The van der Waals surface area contributed by atoms with E-state index in [0.29, 0.717) is 5.92 Å². The van der Waals surface area contributed by atoms with Crippen molar-refractivity contribution in [2.24, 2.45) is 5.92 Å². The lowest BCUT2D eigenvalue weighted by Gasteiger charge is -2.30. The van der Waals surface area contributed by atoms with Crippen LogP contribution in [0, 0.1) is 5.92 Å². The second-order valence-corrected chi connectivity index (χ2v) is 5.86. The van der Waals surface area contributed by atoms with Crippen LogP contribution in [0.4, 0.5) is 5.69 Å². The van der Waals surface area contributed by atoms with Crippen molar-refractivity contribution in [1.82, 2.24) is 5.32 Å². The summed E-state index contributed by atoms with van der Waals surface area (Å²) in [5.74, 6) is 0.775. The molecular formula is C15H20N2O. The summed E-state index contributed by atoms with van der Waals surface area (Å²) in [5.41, 5.74) is 1.85. The first-order valence-electron chi connectivity index (χ1n) is 6.79. The second kappa shape index (κ2) is 4.09. The third-order valence-corrected chi connectivity index (χ3v) is 4.27. The number of fused-ring (bicyclic) bond motifs is 2. The molecular weight excluding hydrogens is 224 g/mol. The lowest BCUT2D eigenvalue weighted by atomic mass is 9.73. The third kappa shape index (κ3) is 1.50. The Balaban J connectivity index is 2.05. The normalized spacial score (nSPS) is 29.9. The molecule has 0 saturated carbocycles. The molecule has 2 N–H and O–H groups in total. The number of anilines is 1. The summed E-state index contributed by atoms with van der Waals surface area (Å²) >= 11 is 0. The number of hydrogen-bond acceptors (Lipinski definition) is 2. The van der Waals surface area contributed by atoms with Gasteiger partial charge < -0.3 is 10.6 Å². The van der Waals surface area contributed by atoms with Crippen molar-refractivity contribution in [3.63, 3.8) is 0 Å². The van der Waals surface area contributed by atoms with Crippen molar-refractivity contribution >= 4 is 11.6 Å². The minimum atomic E-state index is -0.332. The number of carbonyl (C=O) groups is 1. The fraction of sp³-hybridized carbons (Fsp3) is 0.533. The monoisotopic (exact) mass is 244 g/mol. The minimum absolute atomic E-state index is 0.180. The maximum atomic E-state index is 12.5. The topological polar surface area (TPSA) is 41.1 Å². The van der Waals surface area contributed by atoms with Gasteiger partial charge >= 0.3 is 0 Å². The average molecular weight is 244 g/mol. The smallest absolute Gasteiger partial charge is 0.236 e. The molecule has 3 rings (SSSR count). The first kappa shape index (κ1) is 11.7. The van der Waals surface area contributed by atoms with E-state index in [1.54, 1.807) is 0 Å². The van der Waals surface area contributed by atoms with Gasteiger partial charge in [-0.15, -0.1) is 0 Å². The summed E-state index contributed by atoms with van der Waals surface area (Å²) in [6.45, 7) is 5.36. The van der Waals surface area contributed by atoms with Crippen molar-refractivity contribution in [3.8, 4) is 0 Å². The number of benzene rings is 1. The summed E-state index contributed by atoms with van der Waals surface area (Å²) in [6, 6.07) is 8.39. The zero-order valence-electron chi connectivity index (χ0n) is 11.0. The van der Waals surface area contributed by atoms with Crippen LogP contribution in [0.25, 0.3) is 0 Å². The zero-order chi connectivity index (χ0) is 12.8. The highest BCUT2D eigenvalue weighted by atomic mass is 16.2. The van der Waals surface area contributed by atoms with E-state index < -0.39 is 0 Å². The van der Waals surface area contributed by atoms with Gasteiger partial charge in [-0.05, 0) is 36.9 Å². The van der Waals surface area contributed by atoms with E-state index in [0.717, 1.165) is 25.1 Å². The Hall–Kier alpha value is -1.35. The summed E-state index contributed by atoms with van der Waals surface area (Å²) < 4.78 is 0. The second-order valence-electron chi connectivity index (χ2n) is 5.86. The molecule has 1 amide bonds. The maximum Gasteiger partial charge on any atom is 0.236 e. The molecule has 1 spiro atoms. The molecule has 1 saturated heterocycles. The summed E-state index contributed by atoms with van der Waals surface area (Å²) in [7, 11) is 0. The Bertz CT molecular complexity index is 483. The van der Waals surface area contributed by atoms with Gasteiger partial charge in [0.2, 0.25) is 5.91 Å². The van der Waals surface area contributed by atoms with Crippen LogP contribution in [0.5, 0.6) is 0 Å². The van der Waals surface area contributed by atoms with Crippen molar-refractivity contribution < 1.29 is 4.79 Å². The third-order valence-electron chi connectivity index (χ3n) is 4.27. The fourth-order valence-corrected chi connectivity index (χ4v) is 3.48. The van der Waals surface area contributed by atoms with Crippen LogP contribution < -0.4 is 10.6 Å². The molecule has 0 aromatic heterocycles. The standard InChI is InChI=1S/C15H20N2O/c1-10(2)9-13-15(7-8-16-13)11-5-3-4-6-12(11)17-14(15)18/h3-6,10,13,16H,7-9H2,1-2H3,(H,17,18)/t13-,15-/m0/s1. The Morgan fingerprint density at radius 1 is 1.39 bits per heavy atom. The highest BCUT2D eigenvalue weighted by molar-refractivity contribution is 6.07. The molecule has 0 radical (unpaired) electrons. The lowest BCUT2D eigenvalue weighted by Crippen LogP contribution is -2.46. The van der Waals surface area contributed by atoms with Gasteiger partial charge in [0.1, 0.15) is 0 Å². The van der Waals surface area contributed by atoms with Crippen LogP contribution in [0.3, 0.4) is 0 Å². The first-order chi connectivity index (χ1) is 8.64. The fourth-order valence-electron chi connectivity index (χ4n) is 3.48. The van der Waals surface area contributed by atoms with E-state index in [-0.39, 0.29) is 17.4 Å². The van der Waals surface area contributed by atoms with Crippen LogP contribution in [0.15, 0.2) is 24.3 Å². The van der Waals surface area contributed by atoms with E-state index in [9.17, 15) is 4.79 Å². The van der Waals surface area contributed by atoms with E-state index >= 15 is 0 Å². The highest BCUT2D eigenvalue weighted by Crippen LogP contribution is 2.46. The largest absolute Gasteiger partial charge is 0.325 e. The van der Waals surface area contributed by atoms with Gasteiger partial charge in [-0.2, -0.15) is 0 Å². The predicted octanol–water partition coefficient (Wildman–Crippen LogP) is 2.28. The van der Waals surface area contributed by atoms with Crippen LogP contribution in [-0.4, -0.2) is 18.5 Å². The van der Waals surface area contributed by atoms with Gasteiger partial charge in [0, 0.05) is 11.7 Å². The number of nitrogens with one attached hydrogen (secondary N) is 2. The number of amides is 1. The van der Waals surface area contributed by atoms with Crippen molar-refractivity contribution in [3.05, 3.63) is 29.8 Å². The zero-order valence-corrected chi connectivity index (χ0v) is 11.0. The number of carbonyl (C=O) groups excluding carboxylic acids is 1. The molecule has 2 aliphatic rings. The van der Waals surface area contributed by atoms with Crippen LogP contribution in [-0.2, 0) is 10.2 Å². The molecule has 3 heteroatoms. The summed E-state index contributed by atoms with van der Waals surface area (Å²) in [6.07, 6.45) is 1.95. The first-order valence-corrected chi connectivity index (χ1v) is 6.79. The van der Waals surface area contributed by atoms with Crippen molar-refractivity contribution in [1.29, 1.82) is 0 Å². The lowest BCUT2D eigenvalue weighted by molar-refractivity contribution is -0.121. The molecule has 96 valence electrons. The Labute approximate surface area is 108 Å².